The van der Waals surface area contributed by atoms with Gasteiger partial charge in [0.1, 0.15) is 0 Å². The molecule has 0 saturated carbocycles. The Hall–Kier alpha value is -0.790. The first-order chi connectivity index (χ1) is 7.77. The molecule has 1 aromatic rings. The Morgan fingerprint density at radius 2 is 1.75 bits per heavy atom. The highest BCUT2D eigenvalue weighted by Crippen LogP contribution is 2.10. The van der Waals surface area contributed by atoms with E-state index in [4.69, 9.17) is 0 Å². The highest BCUT2D eigenvalue weighted by Gasteiger charge is 2.04. The van der Waals surface area contributed by atoms with Crippen LogP contribution in [0.2, 0.25) is 0 Å². The lowest BCUT2D eigenvalue weighted by Gasteiger charge is -2.00. The summed E-state index contributed by atoms with van der Waals surface area (Å²) >= 11 is 0. The van der Waals surface area contributed by atoms with Crippen molar-refractivity contribution >= 4 is 0 Å². The molecule has 0 aliphatic carbocycles. The molecule has 0 amide bonds. The quantitative estimate of drug-likeness (QED) is 0.605. The fourth-order valence-electron chi connectivity index (χ4n) is 1.99. The van der Waals surface area contributed by atoms with Gasteiger partial charge in [-0.2, -0.15) is 5.10 Å². The Balaban J connectivity index is 2.39. The molecule has 0 spiro atoms. The molecule has 16 heavy (non-hydrogen) atoms. The van der Waals surface area contributed by atoms with Crippen LogP contribution in [-0.2, 0) is 13.0 Å². The van der Waals surface area contributed by atoms with E-state index in [1.54, 1.807) is 0 Å². The SMILES string of the molecule is CCCCCc1nn(CCCCC)cc1C. The van der Waals surface area contributed by atoms with E-state index in [1.165, 1.54) is 49.8 Å². The first-order valence-corrected chi connectivity index (χ1v) is 6.80. The van der Waals surface area contributed by atoms with E-state index in [2.05, 4.69) is 36.7 Å². The van der Waals surface area contributed by atoms with Gasteiger partial charge in [-0.05, 0) is 31.7 Å². The Labute approximate surface area is 100 Å². The average Bonchev–Trinajstić information content (AvgIpc) is 2.61. The second-order valence-electron chi connectivity index (χ2n) is 4.69. The third-order valence-electron chi connectivity index (χ3n) is 3.05. The van der Waals surface area contributed by atoms with Crippen LogP contribution in [0.25, 0.3) is 0 Å². The predicted molar refractivity (Wildman–Crippen MR) is 69.7 cm³/mol. The van der Waals surface area contributed by atoms with Crippen molar-refractivity contribution in [1.29, 1.82) is 0 Å². The number of hydrogen-bond donors (Lipinski definition) is 0. The van der Waals surface area contributed by atoms with Gasteiger partial charge in [-0.25, -0.2) is 0 Å². The van der Waals surface area contributed by atoms with Gasteiger partial charge in [0.15, 0.2) is 0 Å². The van der Waals surface area contributed by atoms with Crippen LogP contribution in [0.15, 0.2) is 6.20 Å². The summed E-state index contributed by atoms with van der Waals surface area (Å²) in [5.74, 6) is 0. The molecule has 1 aromatic heterocycles. The van der Waals surface area contributed by atoms with Crippen molar-refractivity contribution in [3.63, 3.8) is 0 Å². The van der Waals surface area contributed by atoms with Crippen molar-refractivity contribution in [3.05, 3.63) is 17.5 Å². The summed E-state index contributed by atoms with van der Waals surface area (Å²) in [6.07, 6.45) is 11.1. The Morgan fingerprint density at radius 3 is 2.44 bits per heavy atom. The van der Waals surface area contributed by atoms with E-state index < -0.39 is 0 Å². The third kappa shape index (κ3) is 4.38. The summed E-state index contributed by atoms with van der Waals surface area (Å²) in [6.45, 7) is 7.76. The lowest BCUT2D eigenvalue weighted by molar-refractivity contribution is 0.545. The molecule has 0 radical (unpaired) electrons. The molecule has 0 saturated heterocycles. The van der Waals surface area contributed by atoms with Gasteiger partial charge in [0.05, 0.1) is 5.69 Å². The van der Waals surface area contributed by atoms with Gasteiger partial charge >= 0.3 is 0 Å². The number of aryl methyl sites for hydroxylation is 3. The smallest absolute Gasteiger partial charge is 0.0653 e. The number of aromatic nitrogens is 2. The minimum Gasteiger partial charge on any atom is -0.272 e. The van der Waals surface area contributed by atoms with E-state index in [0.717, 1.165) is 13.0 Å². The minimum atomic E-state index is 1.09. The van der Waals surface area contributed by atoms with Gasteiger partial charge in [-0.15, -0.1) is 0 Å². The minimum absolute atomic E-state index is 1.09. The molecular weight excluding hydrogens is 196 g/mol. The number of hydrogen-bond acceptors (Lipinski definition) is 1. The van der Waals surface area contributed by atoms with Crippen molar-refractivity contribution in [2.75, 3.05) is 0 Å². The van der Waals surface area contributed by atoms with Crippen molar-refractivity contribution in [2.45, 2.75) is 72.3 Å². The predicted octanol–water partition coefficient (Wildman–Crippen LogP) is 4.11. The van der Waals surface area contributed by atoms with Gasteiger partial charge in [0.2, 0.25) is 0 Å². The van der Waals surface area contributed by atoms with Gasteiger partial charge in [-0.1, -0.05) is 39.5 Å². The van der Waals surface area contributed by atoms with Crippen LogP contribution in [0.3, 0.4) is 0 Å². The Bertz CT molecular complexity index is 289. The maximum absolute atomic E-state index is 4.67. The fourth-order valence-corrected chi connectivity index (χ4v) is 1.99. The lowest BCUT2D eigenvalue weighted by Crippen LogP contribution is -1.99. The second-order valence-corrected chi connectivity index (χ2v) is 4.69. The molecule has 1 heterocycles. The zero-order valence-electron chi connectivity index (χ0n) is 11.1. The van der Waals surface area contributed by atoms with E-state index in [0.29, 0.717) is 0 Å². The van der Waals surface area contributed by atoms with Gasteiger partial charge in [0.25, 0.3) is 0 Å². The fraction of sp³-hybridized carbons (Fsp3) is 0.786. The molecule has 0 N–H and O–H groups in total. The van der Waals surface area contributed by atoms with Crippen LogP contribution in [0.1, 0.15) is 63.6 Å². The summed E-state index contributed by atoms with van der Waals surface area (Å²) < 4.78 is 2.13. The summed E-state index contributed by atoms with van der Waals surface area (Å²) in [5, 5.41) is 4.67. The standard InChI is InChI=1S/C14H26N2/c1-4-6-8-10-14-13(3)12-16(15-14)11-9-7-5-2/h12H,4-11H2,1-3H3. The van der Waals surface area contributed by atoms with Crippen molar-refractivity contribution in [1.82, 2.24) is 9.78 Å². The van der Waals surface area contributed by atoms with Gasteiger partial charge in [-0.3, -0.25) is 4.68 Å². The number of rotatable bonds is 8. The Morgan fingerprint density at radius 1 is 1.06 bits per heavy atom. The van der Waals surface area contributed by atoms with E-state index >= 15 is 0 Å². The van der Waals surface area contributed by atoms with Crippen molar-refractivity contribution < 1.29 is 0 Å². The maximum Gasteiger partial charge on any atom is 0.0653 e. The Kier molecular flexibility index (Phi) is 6.20. The first kappa shape index (κ1) is 13.3. The summed E-state index contributed by atoms with van der Waals surface area (Å²) in [6, 6.07) is 0. The highest BCUT2D eigenvalue weighted by molar-refractivity contribution is 5.14. The van der Waals surface area contributed by atoms with Crippen LogP contribution >= 0.6 is 0 Å². The lowest BCUT2D eigenvalue weighted by atomic mass is 10.1. The monoisotopic (exact) mass is 222 g/mol. The van der Waals surface area contributed by atoms with E-state index in [-0.39, 0.29) is 0 Å². The van der Waals surface area contributed by atoms with E-state index in [1.807, 2.05) is 0 Å². The number of unbranched alkanes of at least 4 members (excludes halogenated alkanes) is 4. The van der Waals surface area contributed by atoms with Crippen LogP contribution in [0, 0.1) is 6.92 Å². The third-order valence-corrected chi connectivity index (χ3v) is 3.05. The molecule has 1 rings (SSSR count). The summed E-state index contributed by atoms with van der Waals surface area (Å²) in [4.78, 5) is 0. The van der Waals surface area contributed by atoms with Crippen LogP contribution in [0.4, 0.5) is 0 Å². The molecule has 0 atom stereocenters. The normalized spacial score (nSPS) is 10.9. The highest BCUT2D eigenvalue weighted by atomic mass is 15.3. The molecule has 0 aliphatic rings. The van der Waals surface area contributed by atoms with Gasteiger partial charge < -0.3 is 0 Å². The van der Waals surface area contributed by atoms with E-state index in [9.17, 15) is 0 Å². The van der Waals surface area contributed by atoms with Gasteiger partial charge in [0, 0.05) is 12.7 Å². The molecule has 92 valence electrons. The van der Waals surface area contributed by atoms with Crippen LogP contribution in [0.5, 0.6) is 0 Å². The largest absolute Gasteiger partial charge is 0.272 e. The molecular formula is C14H26N2. The molecule has 0 fully saturated rings. The second kappa shape index (κ2) is 7.48. The first-order valence-electron chi connectivity index (χ1n) is 6.80. The summed E-state index contributed by atoms with van der Waals surface area (Å²) in [5.41, 5.74) is 2.68. The molecule has 2 nitrogen and oxygen atoms in total. The zero-order valence-corrected chi connectivity index (χ0v) is 11.1. The summed E-state index contributed by atoms with van der Waals surface area (Å²) in [7, 11) is 0. The molecule has 0 aromatic carbocycles. The van der Waals surface area contributed by atoms with Crippen molar-refractivity contribution in [2.24, 2.45) is 0 Å². The zero-order chi connectivity index (χ0) is 11.8. The van der Waals surface area contributed by atoms with Crippen LogP contribution < -0.4 is 0 Å². The average molecular weight is 222 g/mol. The number of nitrogens with zero attached hydrogens (tertiary/aromatic N) is 2. The topological polar surface area (TPSA) is 17.8 Å². The molecule has 0 aliphatic heterocycles. The molecule has 2 heteroatoms. The maximum atomic E-state index is 4.67. The van der Waals surface area contributed by atoms with Crippen LogP contribution in [-0.4, -0.2) is 9.78 Å². The molecule has 0 bridgehead atoms. The molecule has 0 unspecified atom stereocenters. The van der Waals surface area contributed by atoms with Crippen molar-refractivity contribution in [3.8, 4) is 0 Å².